The van der Waals surface area contributed by atoms with Gasteiger partial charge in [0.25, 0.3) is 0 Å². The summed E-state index contributed by atoms with van der Waals surface area (Å²) < 4.78 is 15.9. The van der Waals surface area contributed by atoms with Gasteiger partial charge >= 0.3 is 0 Å². The van der Waals surface area contributed by atoms with E-state index >= 15 is 0 Å². The second-order valence-electron chi connectivity index (χ2n) is 7.11. The van der Waals surface area contributed by atoms with Crippen molar-refractivity contribution >= 4 is 28.1 Å². The van der Waals surface area contributed by atoms with Crippen LogP contribution in [0, 0.1) is 12.7 Å². The van der Waals surface area contributed by atoms with Gasteiger partial charge in [0.2, 0.25) is 11.8 Å². The number of hydrogen-bond acceptors (Lipinski definition) is 5. The Hall–Kier alpha value is -2.78. The third-order valence-electron chi connectivity index (χ3n) is 4.94. The molecule has 1 aliphatic heterocycles. The van der Waals surface area contributed by atoms with Crippen molar-refractivity contribution < 1.29 is 14.0 Å². The van der Waals surface area contributed by atoms with Gasteiger partial charge in [-0.05, 0) is 13.0 Å². The van der Waals surface area contributed by atoms with Crippen LogP contribution in [0.1, 0.15) is 22.6 Å². The smallest absolute Gasteiger partial charge is 0.237 e. The van der Waals surface area contributed by atoms with Crippen LogP contribution in [0.5, 0.6) is 0 Å². The summed E-state index contributed by atoms with van der Waals surface area (Å²) in [5.74, 6) is -0.754. The van der Waals surface area contributed by atoms with Crippen LogP contribution in [0.25, 0.3) is 4.96 Å². The highest BCUT2D eigenvalue weighted by Gasteiger charge is 2.32. The lowest BCUT2D eigenvalue weighted by molar-refractivity contribution is -0.134. The van der Waals surface area contributed by atoms with E-state index in [-0.39, 0.29) is 30.6 Å². The molecule has 0 bridgehead atoms. The molecule has 0 radical (unpaired) electrons. The van der Waals surface area contributed by atoms with Gasteiger partial charge in [-0.25, -0.2) is 9.37 Å². The number of nitrogens with zero attached hydrogens (tertiary/aromatic N) is 3. The number of aromatic nitrogens is 2. The molecule has 0 spiro atoms. The topological polar surface area (TPSA) is 78.7 Å². The van der Waals surface area contributed by atoms with Crippen LogP contribution in [0.2, 0.25) is 0 Å². The number of aryl methyl sites for hydroxylation is 1. The molecule has 1 fully saturated rings. The van der Waals surface area contributed by atoms with Crippen LogP contribution < -0.4 is 10.6 Å². The molecule has 4 rings (SSSR count). The molecule has 3 aromatic rings. The van der Waals surface area contributed by atoms with Crippen molar-refractivity contribution in [2.24, 2.45) is 0 Å². The number of fused-ring (bicyclic) bond motifs is 1. The number of imidazole rings is 1. The van der Waals surface area contributed by atoms with E-state index in [9.17, 15) is 14.0 Å². The van der Waals surface area contributed by atoms with Gasteiger partial charge in [0, 0.05) is 42.5 Å². The maximum atomic E-state index is 14.0. The van der Waals surface area contributed by atoms with Gasteiger partial charge in [0.15, 0.2) is 4.96 Å². The third-order valence-corrected chi connectivity index (χ3v) is 5.85. The lowest BCUT2D eigenvalue weighted by Crippen LogP contribution is -2.56. The number of thiazole rings is 1. The fourth-order valence-corrected chi connectivity index (χ4v) is 4.33. The van der Waals surface area contributed by atoms with E-state index in [0.29, 0.717) is 25.2 Å². The molecule has 0 saturated carbocycles. The summed E-state index contributed by atoms with van der Waals surface area (Å²) in [6.45, 7) is 3.65. The predicted molar refractivity (Wildman–Crippen MR) is 108 cm³/mol. The molecule has 1 aromatic carbocycles. The highest BCUT2D eigenvalue weighted by atomic mass is 32.1. The number of halogens is 1. The van der Waals surface area contributed by atoms with Crippen LogP contribution in [0.3, 0.4) is 0 Å². The average molecular weight is 415 g/mol. The minimum Gasteiger partial charge on any atom is -0.353 e. The van der Waals surface area contributed by atoms with Crippen molar-refractivity contribution in [2.45, 2.75) is 32.5 Å². The van der Waals surface area contributed by atoms with E-state index in [0.717, 1.165) is 10.7 Å². The average Bonchev–Trinajstić information content (AvgIpc) is 3.21. The van der Waals surface area contributed by atoms with Crippen molar-refractivity contribution in [1.29, 1.82) is 0 Å². The second kappa shape index (κ2) is 8.30. The SMILES string of the molecule is Cc1cn2cc(CNC(=O)CC3C(=O)NCCN3Cc3ccccc3F)nc2s1. The number of carbonyl (C=O) groups excluding carboxylic acids is 2. The zero-order valence-corrected chi connectivity index (χ0v) is 16.8. The van der Waals surface area contributed by atoms with E-state index in [1.165, 1.54) is 10.9 Å². The standard InChI is InChI=1S/C20H22FN5O2S/c1-13-10-26-12-15(24-20(26)29-13)9-23-18(27)8-17-19(28)22-6-7-25(17)11-14-4-2-3-5-16(14)21/h2-5,10,12,17H,6-9,11H2,1H3,(H,22,28)(H,23,27). The van der Waals surface area contributed by atoms with Gasteiger partial charge in [0.1, 0.15) is 5.82 Å². The van der Waals surface area contributed by atoms with E-state index < -0.39 is 6.04 Å². The molecular formula is C20H22FN5O2S. The quantitative estimate of drug-likeness (QED) is 0.644. The summed E-state index contributed by atoms with van der Waals surface area (Å²) in [5.41, 5.74) is 1.28. The van der Waals surface area contributed by atoms with E-state index in [4.69, 9.17) is 0 Å². The summed E-state index contributed by atoms with van der Waals surface area (Å²) in [5, 5.41) is 5.63. The fraction of sp³-hybridized carbons (Fsp3) is 0.350. The maximum absolute atomic E-state index is 14.0. The summed E-state index contributed by atoms with van der Waals surface area (Å²) in [7, 11) is 0. The number of benzene rings is 1. The first-order chi connectivity index (χ1) is 14.0. The number of nitrogens with one attached hydrogen (secondary N) is 2. The summed E-state index contributed by atoms with van der Waals surface area (Å²) in [4.78, 5) is 33.2. The fourth-order valence-electron chi connectivity index (χ4n) is 3.50. The lowest BCUT2D eigenvalue weighted by atomic mass is 10.1. The molecule has 1 atom stereocenters. The molecule has 9 heteroatoms. The Morgan fingerprint density at radius 1 is 1.38 bits per heavy atom. The van der Waals surface area contributed by atoms with Gasteiger partial charge in [-0.3, -0.25) is 18.9 Å². The normalized spacial score (nSPS) is 17.4. The Balaban J connectivity index is 1.38. The van der Waals surface area contributed by atoms with Gasteiger partial charge in [-0.1, -0.05) is 18.2 Å². The number of piperazine rings is 1. The molecule has 1 aliphatic rings. The molecule has 2 aromatic heterocycles. The molecule has 1 unspecified atom stereocenters. The highest BCUT2D eigenvalue weighted by Crippen LogP contribution is 2.18. The molecule has 29 heavy (non-hydrogen) atoms. The van der Waals surface area contributed by atoms with Crippen LogP contribution in [-0.4, -0.2) is 45.2 Å². The Labute approximate surface area is 171 Å². The molecule has 0 aliphatic carbocycles. The van der Waals surface area contributed by atoms with Gasteiger partial charge in [0.05, 0.1) is 24.7 Å². The van der Waals surface area contributed by atoms with E-state index in [2.05, 4.69) is 15.6 Å². The van der Waals surface area contributed by atoms with Crippen molar-refractivity contribution in [1.82, 2.24) is 24.9 Å². The van der Waals surface area contributed by atoms with Crippen LogP contribution >= 0.6 is 11.3 Å². The molecule has 3 heterocycles. The Morgan fingerprint density at radius 2 is 2.21 bits per heavy atom. The first-order valence-electron chi connectivity index (χ1n) is 9.45. The number of amides is 2. The Kier molecular flexibility index (Phi) is 5.59. The van der Waals surface area contributed by atoms with E-state index in [1.807, 2.05) is 28.6 Å². The molecule has 2 amide bonds. The molecule has 7 nitrogen and oxygen atoms in total. The summed E-state index contributed by atoms with van der Waals surface area (Å²) in [6, 6.07) is 5.87. The summed E-state index contributed by atoms with van der Waals surface area (Å²) >= 11 is 1.59. The van der Waals surface area contributed by atoms with Crippen LogP contribution in [0.15, 0.2) is 36.7 Å². The molecule has 2 N–H and O–H groups in total. The first-order valence-corrected chi connectivity index (χ1v) is 10.3. The maximum Gasteiger partial charge on any atom is 0.237 e. The van der Waals surface area contributed by atoms with Gasteiger partial charge in [-0.2, -0.15) is 0 Å². The Morgan fingerprint density at radius 3 is 3.00 bits per heavy atom. The van der Waals surface area contributed by atoms with Crippen molar-refractivity contribution in [3.8, 4) is 0 Å². The van der Waals surface area contributed by atoms with Crippen molar-refractivity contribution in [3.05, 3.63) is 58.6 Å². The lowest BCUT2D eigenvalue weighted by Gasteiger charge is -2.34. The monoisotopic (exact) mass is 415 g/mol. The number of rotatable bonds is 6. The molecule has 1 saturated heterocycles. The summed E-state index contributed by atoms with van der Waals surface area (Å²) in [6.07, 6.45) is 3.89. The molecule has 152 valence electrons. The van der Waals surface area contributed by atoms with Crippen molar-refractivity contribution in [3.63, 3.8) is 0 Å². The van der Waals surface area contributed by atoms with Crippen LogP contribution in [-0.2, 0) is 22.7 Å². The van der Waals surface area contributed by atoms with Crippen LogP contribution in [0.4, 0.5) is 4.39 Å². The minimum atomic E-state index is -0.628. The predicted octanol–water partition coefficient (Wildman–Crippen LogP) is 1.85. The Bertz CT molecular complexity index is 1020. The van der Waals surface area contributed by atoms with E-state index in [1.54, 1.807) is 29.5 Å². The van der Waals surface area contributed by atoms with Crippen molar-refractivity contribution in [2.75, 3.05) is 13.1 Å². The molecular weight excluding hydrogens is 393 g/mol. The number of hydrogen-bond donors (Lipinski definition) is 2. The second-order valence-corrected chi connectivity index (χ2v) is 8.33. The zero-order valence-electron chi connectivity index (χ0n) is 16.0. The number of carbonyl (C=O) groups is 2. The van der Waals surface area contributed by atoms with Gasteiger partial charge < -0.3 is 10.6 Å². The zero-order chi connectivity index (χ0) is 20.4. The largest absolute Gasteiger partial charge is 0.353 e. The highest BCUT2D eigenvalue weighted by molar-refractivity contribution is 7.16. The first kappa shape index (κ1) is 19.5. The third kappa shape index (κ3) is 4.46. The van der Waals surface area contributed by atoms with Gasteiger partial charge in [-0.15, -0.1) is 11.3 Å². The minimum absolute atomic E-state index is 0.0155.